The molecule has 0 bridgehead atoms. The van der Waals surface area contributed by atoms with Gasteiger partial charge in [0, 0.05) is 0 Å². The summed E-state index contributed by atoms with van der Waals surface area (Å²) in [7, 11) is 1.78. The number of alkyl halides is 3. The van der Waals surface area contributed by atoms with E-state index < -0.39 is 12.6 Å². The third kappa shape index (κ3) is 5.61. The number of halogens is 3. The van der Waals surface area contributed by atoms with Gasteiger partial charge in [0.1, 0.15) is 0 Å². The van der Waals surface area contributed by atoms with Crippen LogP contribution in [0.4, 0.5) is 13.2 Å². The van der Waals surface area contributed by atoms with Crippen LogP contribution in [0, 0.1) is 13.8 Å². The standard InChI is InChI=1S/C14H20F3NO/c1-10-4-5-11(2)12(8-10)13(18-3)9-19-7-6-14(15,16)17/h4-5,8,13,18H,6-7,9H2,1-3H3. The van der Waals surface area contributed by atoms with Gasteiger partial charge in [0.05, 0.1) is 25.7 Å². The number of aryl methyl sites for hydroxylation is 2. The van der Waals surface area contributed by atoms with E-state index in [0.29, 0.717) is 0 Å². The van der Waals surface area contributed by atoms with Gasteiger partial charge in [-0.2, -0.15) is 13.2 Å². The van der Waals surface area contributed by atoms with Crippen molar-refractivity contribution in [1.82, 2.24) is 5.32 Å². The highest BCUT2D eigenvalue weighted by Crippen LogP contribution is 2.21. The van der Waals surface area contributed by atoms with Crippen molar-refractivity contribution in [1.29, 1.82) is 0 Å². The first-order chi connectivity index (χ1) is 8.83. The maximum atomic E-state index is 12.0. The Kier molecular flexibility index (Phi) is 5.82. The van der Waals surface area contributed by atoms with E-state index in [1.54, 1.807) is 7.05 Å². The number of nitrogens with one attached hydrogen (secondary N) is 1. The molecule has 19 heavy (non-hydrogen) atoms. The van der Waals surface area contributed by atoms with Crippen LogP contribution in [0.2, 0.25) is 0 Å². The highest BCUT2D eigenvalue weighted by Gasteiger charge is 2.26. The zero-order chi connectivity index (χ0) is 14.5. The van der Waals surface area contributed by atoms with Gasteiger partial charge in [-0.25, -0.2) is 0 Å². The van der Waals surface area contributed by atoms with E-state index in [2.05, 4.69) is 5.32 Å². The zero-order valence-electron chi connectivity index (χ0n) is 11.5. The molecule has 1 aromatic rings. The molecule has 108 valence electrons. The Bertz CT molecular complexity index is 404. The van der Waals surface area contributed by atoms with Crippen molar-refractivity contribution in [3.05, 3.63) is 34.9 Å². The predicted molar refractivity (Wildman–Crippen MR) is 69.2 cm³/mol. The summed E-state index contributed by atoms with van der Waals surface area (Å²) in [6.07, 6.45) is -5.06. The Morgan fingerprint density at radius 1 is 1.26 bits per heavy atom. The molecule has 0 aliphatic rings. The summed E-state index contributed by atoms with van der Waals surface area (Å²) in [4.78, 5) is 0. The van der Waals surface area contributed by atoms with Crippen LogP contribution in [0.25, 0.3) is 0 Å². The number of hydrogen-bond acceptors (Lipinski definition) is 2. The number of benzene rings is 1. The highest BCUT2D eigenvalue weighted by atomic mass is 19.4. The Morgan fingerprint density at radius 3 is 2.53 bits per heavy atom. The molecular weight excluding hydrogens is 255 g/mol. The lowest BCUT2D eigenvalue weighted by atomic mass is 9.99. The van der Waals surface area contributed by atoms with Crippen LogP contribution >= 0.6 is 0 Å². The summed E-state index contributed by atoms with van der Waals surface area (Å²) < 4.78 is 41.1. The minimum atomic E-state index is -4.16. The molecule has 0 fully saturated rings. The first kappa shape index (κ1) is 16.0. The fraction of sp³-hybridized carbons (Fsp3) is 0.571. The average molecular weight is 275 g/mol. The molecule has 0 heterocycles. The van der Waals surface area contributed by atoms with E-state index in [1.165, 1.54) is 0 Å². The van der Waals surface area contributed by atoms with E-state index in [-0.39, 0.29) is 19.3 Å². The molecule has 0 aliphatic heterocycles. The monoisotopic (exact) mass is 275 g/mol. The van der Waals surface area contributed by atoms with Crippen molar-refractivity contribution in [2.75, 3.05) is 20.3 Å². The van der Waals surface area contributed by atoms with Crippen molar-refractivity contribution in [2.45, 2.75) is 32.5 Å². The second-order valence-corrected chi connectivity index (χ2v) is 4.64. The molecule has 1 aromatic carbocycles. The predicted octanol–water partition coefficient (Wildman–Crippen LogP) is 3.53. The molecule has 0 saturated carbocycles. The first-order valence-corrected chi connectivity index (χ1v) is 6.22. The van der Waals surface area contributed by atoms with Gasteiger partial charge in [0.15, 0.2) is 0 Å². The molecule has 0 aliphatic carbocycles. The fourth-order valence-corrected chi connectivity index (χ4v) is 1.85. The van der Waals surface area contributed by atoms with E-state index in [4.69, 9.17) is 4.74 Å². The molecular formula is C14H20F3NO. The summed E-state index contributed by atoms with van der Waals surface area (Å²) in [6.45, 7) is 3.90. The Hall–Kier alpha value is -1.07. The second kappa shape index (κ2) is 6.91. The van der Waals surface area contributed by atoms with Crippen molar-refractivity contribution < 1.29 is 17.9 Å². The summed E-state index contributed by atoms with van der Waals surface area (Å²) in [5.41, 5.74) is 3.29. The molecule has 1 rings (SSSR count). The smallest absolute Gasteiger partial charge is 0.379 e. The number of ether oxygens (including phenoxy) is 1. The third-order valence-corrected chi connectivity index (χ3v) is 2.97. The quantitative estimate of drug-likeness (QED) is 0.802. The third-order valence-electron chi connectivity index (χ3n) is 2.97. The fourth-order valence-electron chi connectivity index (χ4n) is 1.85. The summed E-state index contributed by atoms with van der Waals surface area (Å²) in [5, 5.41) is 3.08. The van der Waals surface area contributed by atoms with Crippen molar-refractivity contribution in [3.63, 3.8) is 0 Å². The van der Waals surface area contributed by atoms with E-state index in [9.17, 15) is 13.2 Å². The first-order valence-electron chi connectivity index (χ1n) is 6.22. The summed E-state index contributed by atoms with van der Waals surface area (Å²) >= 11 is 0. The van der Waals surface area contributed by atoms with E-state index in [0.717, 1.165) is 16.7 Å². The van der Waals surface area contributed by atoms with Gasteiger partial charge in [0.25, 0.3) is 0 Å². The van der Waals surface area contributed by atoms with Crippen LogP contribution < -0.4 is 5.32 Å². The van der Waals surface area contributed by atoms with Crippen LogP contribution in [-0.4, -0.2) is 26.4 Å². The molecule has 0 spiro atoms. The van der Waals surface area contributed by atoms with Gasteiger partial charge in [-0.3, -0.25) is 0 Å². The molecule has 0 radical (unpaired) electrons. The van der Waals surface area contributed by atoms with Gasteiger partial charge < -0.3 is 10.1 Å². The van der Waals surface area contributed by atoms with Gasteiger partial charge in [-0.05, 0) is 32.0 Å². The highest BCUT2D eigenvalue weighted by molar-refractivity contribution is 5.33. The SMILES string of the molecule is CNC(COCCC(F)(F)F)c1cc(C)ccc1C. The van der Waals surface area contributed by atoms with Gasteiger partial charge in [-0.1, -0.05) is 23.8 Å². The van der Waals surface area contributed by atoms with Crippen LogP contribution in [0.5, 0.6) is 0 Å². The van der Waals surface area contributed by atoms with Crippen molar-refractivity contribution in [2.24, 2.45) is 0 Å². The summed E-state index contributed by atoms with van der Waals surface area (Å²) in [5.74, 6) is 0. The second-order valence-electron chi connectivity index (χ2n) is 4.64. The maximum Gasteiger partial charge on any atom is 0.391 e. The largest absolute Gasteiger partial charge is 0.391 e. The van der Waals surface area contributed by atoms with E-state index >= 15 is 0 Å². The lowest BCUT2D eigenvalue weighted by molar-refractivity contribution is -0.145. The minimum Gasteiger partial charge on any atom is -0.379 e. The molecule has 1 unspecified atom stereocenters. The van der Waals surface area contributed by atoms with Gasteiger partial charge in [-0.15, -0.1) is 0 Å². The Balaban J connectivity index is 2.56. The van der Waals surface area contributed by atoms with Gasteiger partial charge in [0.2, 0.25) is 0 Å². The van der Waals surface area contributed by atoms with Crippen LogP contribution in [0.1, 0.15) is 29.2 Å². The molecule has 5 heteroatoms. The van der Waals surface area contributed by atoms with Crippen molar-refractivity contribution in [3.8, 4) is 0 Å². The molecule has 0 amide bonds. The van der Waals surface area contributed by atoms with Crippen molar-refractivity contribution >= 4 is 0 Å². The molecule has 0 saturated heterocycles. The van der Waals surface area contributed by atoms with Gasteiger partial charge >= 0.3 is 6.18 Å². The normalized spacial score (nSPS) is 13.6. The Labute approximate surface area is 112 Å². The lowest BCUT2D eigenvalue weighted by Gasteiger charge is -2.20. The summed E-state index contributed by atoms with van der Waals surface area (Å²) in [6, 6.07) is 5.96. The number of hydrogen-bond donors (Lipinski definition) is 1. The average Bonchev–Trinajstić information content (AvgIpc) is 2.32. The molecule has 1 atom stereocenters. The molecule has 2 nitrogen and oxygen atoms in total. The van der Waals surface area contributed by atoms with E-state index in [1.807, 2.05) is 32.0 Å². The lowest BCUT2D eigenvalue weighted by Crippen LogP contribution is -2.24. The van der Waals surface area contributed by atoms with Crippen LogP contribution in [0.15, 0.2) is 18.2 Å². The van der Waals surface area contributed by atoms with Crippen LogP contribution in [0.3, 0.4) is 0 Å². The van der Waals surface area contributed by atoms with Crippen LogP contribution in [-0.2, 0) is 4.74 Å². The Morgan fingerprint density at radius 2 is 1.95 bits per heavy atom. The number of likely N-dealkylation sites (N-methyl/N-ethyl adjacent to an activating group) is 1. The molecule has 1 N–H and O–H groups in total. The zero-order valence-corrected chi connectivity index (χ0v) is 11.5. The topological polar surface area (TPSA) is 21.3 Å². The molecule has 0 aromatic heterocycles. The maximum absolute atomic E-state index is 12.0. The minimum absolute atomic E-state index is 0.0897. The number of rotatable bonds is 6.